The van der Waals surface area contributed by atoms with Crippen LogP contribution in [0.2, 0.25) is 0 Å². The van der Waals surface area contributed by atoms with Gasteiger partial charge in [-0.2, -0.15) is 0 Å². The summed E-state index contributed by atoms with van der Waals surface area (Å²) in [6.45, 7) is 6.57. The third-order valence-electron chi connectivity index (χ3n) is 5.16. The molecule has 1 unspecified atom stereocenters. The Morgan fingerprint density at radius 2 is 1.90 bits per heavy atom. The highest BCUT2D eigenvalue weighted by Gasteiger charge is 2.21. The van der Waals surface area contributed by atoms with Crippen LogP contribution in [0.25, 0.3) is 11.0 Å². The smallest absolute Gasteiger partial charge is 0.318 e. The Kier molecular flexibility index (Phi) is 6.50. The van der Waals surface area contributed by atoms with Gasteiger partial charge in [-0.3, -0.25) is 0 Å². The number of hydrogen-bond donors (Lipinski definition) is 1. The molecule has 7 heteroatoms. The molecule has 0 spiro atoms. The van der Waals surface area contributed by atoms with Gasteiger partial charge in [-0.25, -0.2) is 9.18 Å². The molecule has 0 saturated carbocycles. The number of nitrogens with one attached hydrogen (secondary N) is 1. The number of methoxy groups -OCH3 is 2. The maximum atomic E-state index is 13.6. The Hall–Kier alpha value is -3.22. The number of nitrogens with zero attached hydrogens (tertiary/aromatic N) is 1. The molecule has 2 aromatic carbocycles. The molecule has 0 saturated heterocycles. The van der Waals surface area contributed by atoms with Crippen LogP contribution in [0, 0.1) is 12.7 Å². The first-order chi connectivity index (χ1) is 14.4. The second-order valence-electron chi connectivity index (χ2n) is 7.11. The van der Waals surface area contributed by atoms with Crippen molar-refractivity contribution in [1.29, 1.82) is 0 Å². The molecule has 0 fully saturated rings. The highest BCUT2D eigenvalue weighted by atomic mass is 19.1. The third-order valence-corrected chi connectivity index (χ3v) is 5.16. The molecule has 0 aliphatic heterocycles. The van der Waals surface area contributed by atoms with Crippen LogP contribution >= 0.6 is 0 Å². The third kappa shape index (κ3) is 4.35. The summed E-state index contributed by atoms with van der Waals surface area (Å²) in [5.74, 6) is 1.55. The molecule has 1 aromatic heterocycles. The highest BCUT2D eigenvalue weighted by Crippen LogP contribution is 2.30. The van der Waals surface area contributed by atoms with Gasteiger partial charge in [0, 0.05) is 24.0 Å². The van der Waals surface area contributed by atoms with Crippen molar-refractivity contribution < 1.29 is 23.1 Å². The molecule has 2 amide bonds. The number of urea groups is 1. The Labute approximate surface area is 175 Å². The number of fused-ring (bicyclic) bond motifs is 1. The van der Waals surface area contributed by atoms with Crippen molar-refractivity contribution in [3.8, 4) is 11.5 Å². The van der Waals surface area contributed by atoms with E-state index in [4.69, 9.17) is 13.9 Å². The number of benzene rings is 2. The molecule has 160 valence electrons. The summed E-state index contributed by atoms with van der Waals surface area (Å²) in [6, 6.07) is 9.40. The molecule has 1 atom stereocenters. The minimum absolute atomic E-state index is 0.217. The van der Waals surface area contributed by atoms with Crippen LogP contribution in [-0.2, 0) is 6.54 Å². The zero-order valence-corrected chi connectivity index (χ0v) is 17.9. The van der Waals surface area contributed by atoms with Crippen LogP contribution in [-0.4, -0.2) is 31.7 Å². The number of amides is 2. The number of aryl methyl sites for hydroxylation is 1. The number of carbonyl (C=O) groups is 1. The summed E-state index contributed by atoms with van der Waals surface area (Å²) >= 11 is 0. The number of rotatable bonds is 7. The molecule has 3 aromatic rings. The predicted octanol–water partition coefficient (Wildman–Crippen LogP) is 5.19. The van der Waals surface area contributed by atoms with Crippen molar-refractivity contribution in [2.45, 2.75) is 33.4 Å². The van der Waals surface area contributed by atoms with Crippen molar-refractivity contribution in [1.82, 2.24) is 10.2 Å². The first kappa shape index (κ1) is 21.5. The Balaban J connectivity index is 1.74. The largest absolute Gasteiger partial charge is 0.493 e. The standard InChI is InChI=1S/C23H27FN2O4/c1-6-26(13-16-7-9-20(28-4)21(11-16)29-5)23(27)25-15(3)22-14(2)18-12-17(24)8-10-19(18)30-22/h7-12,15H,6,13H2,1-5H3,(H,25,27). The van der Waals surface area contributed by atoms with Crippen LogP contribution in [0.3, 0.4) is 0 Å². The van der Waals surface area contributed by atoms with Crippen LogP contribution in [0.15, 0.2) is 40.8 Å². The van der Waals surface area contributed by atoms with Gasteiger partial charge in [-0.1, -0.05) is 6.07 Å². The number of ether oxygens (including phenoxy) is 2. The summed E-state index contributed by atoms with van der Waals surface area (Å²) < 4.78 is 30.0. The van der Waals surface area contributed by atoms with Gasteiger partial charge in [0.25, 0.3) is 0 Å². The van der Waals surface area contributed by atoms with Gasteiger partial charge in [0.2, 0.25) is 0 Å². The topological polar surface area (TPSA) is 63.9 Å². The van der Waals surface area contributed by atoms with Crippen LogP contribution in [0.1, 0.15) is 36.8 Å². The number of halogens is 1. The molecule has 6 nitrogen and oxygen atoms in total. The zero-order valence-electron chi connectivity index (χ0n) is 17.9. The van der Waals surface area contributed by atoms with E-state index in [0.29, 0.717) is 41.3 Å². The lowest BCUT2D eigenvalue weighted by Gasteiger charge is -2.24. The van der Waals surface area contributed by atoms with Crippen LogP contribution in [0.4, 0.5) is 9.18 Å². The molecule has 0 bridgehead atoms. The lowest BCUT2D eigenvalue weighted by Crippen LogP contribution is -2.40. The molecule has 1 N–H and O–H groups in total. The molecule has 1 heterocycles. The normalized spacial score (nSPS) is 11.9. The number of carbonyl (C=O) groups excluding carboxylic acids is 1. The minimum Gasteiger partial charge on any atom is -0.493 e. The average Bonchev–Trinajstić information content (AvgIpc) is 3.07. The molecular weight excluding hydrogens is 387 g/mol. The lowest BCUT2D eigenvalue weighted by atomic mass is 10.1. The van der Waals surface area contributed by atoms with Crippen LogP contribution < -0.4 is 14.8 Å². The van der Waals surface area contributed by atoms with Gasteiger partial charge in [0.15, 0.2) is 11.5 Å². The summed E-state index contributed by atoms with van der Waals surface area (Å²) in [4.78, 5) is 14.6. The SMILES string of the molecule is CCN(Cc1ccc(OC)c(OC)c1)C(=O)NC(C)c1oc2ccc(F)cc2c1C. The van der Waals surface area contributed by atoms with E-state index in [1.165, 1.54) is 12.1 Å². The maximum absolute atomic E-state index is 13.6. The Bertz CT molecular complexity index is 1050. The van der Waals surface area contributed by atoms with E-state index >= 15 is 0 Å². The van der Waals surface area contributed by atoms with Crippen molar-refractivity contribution in [2.24, 2.45) is 0 Å². The molecule has 0 aliphatic carbocycles. The molecule has 30 heavy (non-hydrogen) atoms. The second kappa shape index (κ2) is 9.07. The van der Waals surface area contributed by atoms with E-state index in [1.807, 2.05) is 39.0 Å². The second-order valence-corrected chi connectivity index (χ2v) is 7.11. The quantitative estimate of drug-likeness (QED) is 0.578. The monoisotopic (exact) mass is 414 g/mol. The number of hydrogen-bond acceptors (Lipinski definition) is 4. The van der Waals surface area contributed by atoms with Gasteiger partial charge in [0.05, 0.1) is 20.3 Å². The molecule has 3 rings (SSSR count). The van der Waals surface area contributed by atoms with Gasteiger partial charge in [-0.05, 0) is 56.7 Å². The van der Waals surface area contributed by atoms with E-state index in [2.05, 4.69) is 5.32 Å². The van der Waals surface area contributed by atoms with Gasteiger partial charge in [0.1, 0.15) is 17.2 Å². The maximum Gasteiger partial charge on any atom is 0.318 e. The Morgan fingerprint density at radius 3 is 2.57 bits per heavy atom. The summed E-state index contributed by atoms with van der Waals surface area (Å²) in [5, 5.41) is 3.69. The summed E-state index contributed by atoms with van der Waals surface area (Å²) in [7, 11) is 3.16. The first-order valence-electron chi connectivity index (χ1n) is 9.82. The van der Waals surface area contributed by atoms with E-state index in [1.54, 1.807) is 25.2 Å². The summed E-state index contributed by atoms with van der Waals surface area (Å²) in [6.07, 6.45) is 0. The van der Waals surface area contributed by atoms with E-state index < -0.39 is 0 Å². The van der Waals surface area contributed by atoms with Crippen molar-refractivity contribution in [2.75, 3.05) is 20.8 Å². The number of furan rings is 1. The lowest BCUT2D eigenvalue weighted by molar-refractivity contribution is 0.193. The van der Waals surface area contributed by atoms with Gasteiger partial charge < -0.3 is 24.1 Å². The van der Waals surface area contributed by atoms with Crippen LogP contribution in [0.5, 0.6) is 11.5 Å². The molecular formula is C23H27FN2O4. The van der Waals surface area contributed by atoms with E-state index in [0.717, 1.165) is 11.1 Å². The Morgan fingerprint density at radius 1 is 1.17 bits per heavy atom. The fourth-order valence-electron chi connectivity index (χ4n) is 3.49. The predicted molar refractivity (Wildman–Crippen MR) is 113 cm³/mol. The van der Waals surface area contributed by atoms with E-state index in [9.17, 15) is 9.18 Å². The fraction of sp³-hybridized carbons (Fsp3) is 0.348. The highest BCUT2D eigenvalue weighted by molar-refractivity contribution is 5.82. The minimum atomic E-state index is -0.368. The summed E-state index contributed by atoms with van der Waals surface area (Å²) in [5.41, 5.74) is 2.34. The van der Waals surface area contributed by atoms with Gasteiger partial charge >= 0.3 is 6.03 Å². The van der Waals surface area contributed by atoms with Crippen molar-refractivity contribution in [3.05, 3.63) is 59.1 Å². The van der Waals surface area contributed by atoms with Gasteiger partial charge in [-0.15, -0.1) is 0 Å². The van der Waals surface area contributed by atoms with E-state index in [-0.39, 0.29) is 17.9 Å². The average molecular weight is 414 g/mol. The molecule has 0 radical (unpaired) electrons. The van der Waals surface area contributed by atoms with Crippen molar-refractivity contribution >= 4 is 17.0 Å². The zero-order chi connectivity index (χ0) is 21.8. The first-order valence-corrected chi connectivity index (χ1v) is 9.82. The molecule has 0 aliphatic rings. The van der Waals surface area contributed by atoms with Crippen molar-refractivity contribution in [3.63, 3.8) is 0 Å². The fourth-order valence-corrected chi connectivity index (χ4v) is 3.49.